The standard InChI is InChI=1S/C15H9BrN2O2S/c16-9-3-4-11(12(19)6-9)18-7-14-15(10(17)8-21-14)13-2-1-5-20-13/h1-6,8H,17H2/p+1. The molecule has 0 unspecified atom stereocenters. The SMILES string of the molecule is Nc1csc(C#[N+]c2ccc(Br)cc2O)c1-c1ccco1. The number of aromatic hydroxyl groups is 1. The Hall–Kier alpha value is -2.23. The van der Waals surface area contributed by atoms with Crippen LogP contribution in [0.5, 0.6) is 5.75 Å². The third-order valence-corrected chi connectivity index (χ3v) is 4.20. The monoisotopic (exact) mass is 361 g/mol. The highest BCUT2D eigenvalue weighted by Crippen LogP contribution is 2.35. The van der Waals surface area contributed by atoms with Gasteiger partial charge in [-0.15, -0.1) is 11.3 Å². The van der Waals surface area contributed by atoms with Gasteiger partial charge in [-0.25, -0.2) is 0 Å². The molecule has 4 nitrogen and oxygen atoms in total. The molecule has 2 heterocycles. The highest BCUT2D eigenvalue weighted by molar-refractivity contribution is 9.10. The summed E-state index contributed by atoms with van der Waals surface area (Å²) in [6, 6.07) is 11.6. The summed E-state index contributed by atoms with van der Waals surface area (Å²) < 4.78 is 6.17. The molecule has 3 aromatic rings. The van der Waals surface area contributed by atoms with Crippen LogP contribution in [0.15, 0.2) is 50.9 Å². The van der Waals surface area contributed by atoms with Crippen molar-refractivity contribution in [1.29, 1.82) is 0 Å². The summed E-state index contributed by atoms with van der Waals surface area (Å²) in [4.78, 5) is 4.95. The Kier molecular flexibility index (Phi) is 3.69. The number of anilines is 1. The first-order valence-corrected chi connectivity index (χ1v) is 7.68. The molecule has 0 aliphatic heterocycles. The maximum Gasteiger partial charge on any atom is 0.381 e. The number of thiophene rings is 1. The zero-order valence-corrected chi connectivity index (χ0v) is 13.1. The van der Waals surface area contributed by atoms with E-state index in [-0.39, 0.29) is 5.75 Å². The Labute approximate surface area is 133 Å². The van der Waals surface area contributed by atoms with Gasteiger partial charge in [-0.05, 0) is 23.0 Å². The van der Waals surface area contributed by atoms with Gasteiger partial charge in [-0.3, -0.25) is 0 Å². The molecule has 21 heavy (non-hydrogen) atoms. The average molecular weight is 362 g/mol. The second kappa shape index (κ2) is 5.64. The van der Waals surface area contributed by atoms with Gasteiger partial charge in [0.25, 0.3) is 0 Å². The third kappa shape index (κ3) is 2.79. The van der Waals surface area contributed by atoms with Gasteiger partial charge in [0, 0.05) is 22.0 Å². The van der Waals surface area contributed by atoms with Crippen LogP contribution in [0.4, 0.5) is 11.4 Å². The summed E-state index contributed by atoms with van der Waals surface area (Å²) in [6.45, 7) is 0. The van der Waals surface area contributed by atoms with Gasteiger partial charge in [0.1, 0.15) is 5.76 Å². The van der Waals surface area contributed by atoms with Crippen molar-refractivity contribution in [3.8, 4) is 23.1 Å². The molecule has 0 aliphatic carbocycles. The van der Waals surface area contributed by atoms with Gasteiger partial charge in [-0.1, -0.05) is 15.9 Å². The molecule has 2 aromatic heterocycles. The third-order valence-electron chi connectivity index (χ3n) is 2.80. The second-order valence-electron chi connectivity index (χ2n) is 4.23. The first-order chi connectivity index (χ1) is 10.1. The summed E-state index contributed by atoms with van der Waals surface area (Å²) in [7, 11) is 0. The molecule has 0 radical (unpaired) electrons. The van der Waals surface area contributed by atoms with Crippen LogP contribution >= 0.6 is 27.3 Å². The Bertz CT molecular complexity index is 844. The highest BCUT2D eigenvalue weighted by atomic mass is 79.9. The predicted molar refractivity (Wildman–Crippen MR) is 88.2 cm³/mol. The van der Waals surface area contributed by atoms with Gasteiger partial charge >= 0.3 is 11.8 Å². The largest absolute Gasteiger partial charge is 0.501 e. The maximum absolute atomic E-state index is 9.82. The predicted octanol–water partition coefficient (Wildman–Crippen LogP) is 5.07. The topological polar surface area (TPSA) is 63.8 Å². The van der Waals surface area contributed by atoms with E-state index in [0.717, 1.165) is 14.9 Å². The van der Waals surface area contributed by atoms with Crippen molar-refractivity contribution in [1.82, 2.24) is 0 Å². The molecule has 0 saturated heterocycles. The van der Waals surface area contributed by atoms with Crippen molar-refractivity contribution >= 4 is 38.6 Å². The van der Waals surface area contributed by atoms with Crippen LogP contribution in [0.1, 0.15) is 4.88 Å². The van der Waals surface area contributed by atoms with Crippen molar-refractivity contribution in [2.24, 2.45) is 0 Å². The fraction of sp³-hybridized carbons (Fsp3) is 0. The van der Waals surface area contributed by atoms with Crippen LogP contribution in [-0.4, -0.2) is 5.11 Å². The van der Waals surface area contributed by atoms with E-state index in [4.69, 9.17) is 10.2 Å². The molecule has 0 bridgehead atoms. The number of halogens is 1. The minimum absolute atomic E-state index is 0.0842. The number of rotatable bonds is 1. The molecule has 0 amide bonds. The minimum atomic E-state index is 0.0842. The lowest BCUT2D eigenvalue weighted by molar-refractivity contribution is 0.478. The lowest BCUT2D eigenvalue weighted by Crippen LogP contribution is -1.85. The Morgan fingerprint density at radius 1 is 1.33 bits per heavy atom. The number of phenols is 1. The zero-order valence-electron chi connectivity index (χ0n) is 10.7. The minimum Gasteiger partial charge on any atom is -0.501 e. The van der Waals surface area contributed by atoms with Gasteiger partial charge in [0.2, 0.25) is 5.75 Å². The molecule has 104 valence electrons. The molecule has 0 atom stereocenters. The second-order valence-corrected chi connectivity index (χ2v) is 6.02. The molecule has 0 aliphatic rings. The number of hydrogen-bond acceptors (Lipinski definition) is 4. The van der Waals surface area contributed by atoms with E-state index in [9.17, 15) is 5.11 Å². The van der Waals surface area contributed by atoms with E-state index in [0.29, 0.717) is 17.1 Å². The normalized spacial score (nSPS) is 10.1. The van der Waals surface area contributed by atoms with E-state index in [1.165, 1.54) is 11.3 Å². The number of benzene rings is 1. The fourth-order valence-electron chi connectivity index (χ4n) is 1.83. The Morgan fingerprint density at radius 2 is 2.19 bits per heavy atom. The first kappa shape index (κ1) is 13.7. The fourth-order valence-corrected chi connectivity index (χ4v) is 2.98. The van der Waals surface area contributed by atoms with E-state index in [1.807, 2.05) is 11.4 Å². The first-order valence-electron chi connectivity index (χ1n) is 6.01. The lowest BCUT2D eigenvalue weighted by atomic mass is 10.2. The summed E-state index contributed by atoms with van der Waals surface area (Å²) in [5.41, 5.74) is 7.79. The molecule has 6 heteroatoms. The molecule has 0 saturated carbocycles. The van der Waals surface area contributed by atoms with Gasteiger partial charge in [0.15, 0.2) is 4.88 Å². The Morgan fingerprint density at radius 3 is 2.90 bits per heavy atom. The van der Waals surface area contributed by atoms with E-state index in [2.05, 4.69) is 26.8 Å². The quantitative estimate of drug-likeness (QED) is 0.635. The number of nitrogens with zero attached hydrogens (tertiary/aromatic N) is 1. The van der Waals surface area contributed by atoms with E-state index in [1.54, 1.807) is 30.5 Å². The van der Waals surface area contributed by atoms with Crippen molar-refractivity contribution in [3.05, 3.63) is 56.2 Å². The van der Waals surface area contributed by atoms with Crippen LogP contribution in [0.3, 0.4) is 0 Å². The number of nitrogen functional groups attached to an aromatic ring is 1. The van der Waals surface area contributed by atoms with Crippen LogP contribution in [-0.2, 0) is 0 Å². The number of furan rings is 1. The average Bonchev–Trinajstić information content (AvgIpc) is 3.07. The van der Waals surface area contributed by atoms with Crippen LogP contribution in [0.2, 0.25) is 0 Å². The van der Waals surface area contributed by atoms with Gasteiger partial charge < -0.3 is 15.3 Å². The van der Waals surface area contributed by atoms with Gasteiger partial charge in [0.05, 0.1) is 17.5 Å². The lowest BCUT2D eigenvalue weighted by Gasteiger charge is -1.93. The van der Waals surface area contributed by atoms with Crippen LogP contribution in [0, 0.1) is 6.07 Å². The number of hydrogen-bond donors (Lipinski definition) is 2. The molecule has 3 rings (SSSR count). The number of nitrogens with two attached hydrogens (primary N) is 1. The van der Waals surface area contributed by atoms with Crippen molar-refractivity contribution in [3.63, 3.8) is 0 Å². The summed E-state index contributed by atoms with van der Waals surface area (Å²) in [5, 5.41) is 11.6. The Balaban J connectivity index is 2.02. The molecular formula is C15H10BrN2O2S+. The molecule has 3 N–H and O–H groups in total. The molecule has 0 fully saturated rings. The smallest absolute Gasteiger partial charge is 0.381 e. The van der Waals surface area contributed by atoms with Crippen LogP contribution in [0.25, 0.3) is 16.2 Å². The summed E-state index contributed by atoms with van der Waals surface area (Å²) in [5.74, 6) is 0.757. The number of phenolic OH excluding ortho intramolecular Hbond substituents is 1. The van der Waals surface area contributed by atoms with Gasteiger partial charge in [-0.2, -0.15) is 0 Å². The molecule has 1 aromatic carbocycles. The summed E-state index contributed by atoms with van der Waals surface area (Å²) in [6.07, 6.45) is 1.59. The summed E-state index contributed by atoms with van der Waals surface area (Å²) >= 11 is 4.71. The highest BCUT2D eigenvalue weighted by Gasteiger charge is 2.17. The molecule has 0 spiro atoms. The molecular weight excluding hydrogens is 352 g/mol. The zero-order chi connectivity index (χ0) is 14.8. The van der Waals surface area contributed by atoms with Crippen LogP contribution < -0.4 is 5.73 Å². The maximum atomic E-state index is 9.82. The van der Waals surface area contributed by atoms with Crippen molar-refractivity contribution in [2.75, 3.05) is 5.73 Å². The van der Waals surface area contributed by atoms with Crippen molar-refractivity contribution in [2.45, 2.75) is 0 Å². The van der Waals surface area contributed by atoms with E-state index < -0.39 is 0 Å². The van der Waals surface area contributed by atoms with Crippen molar-refractivity contribution < 1.29 is 9.52 Å². The van der Waals surface area contributed by atoms with E-state index >= 15 is 0 Å².